The highest BCUT2D eigenvalue weighted by atomic mass is 16.5. The summed E-state index contributed by atoms with van der Waals surface area (Å²) in [4.78, 5) is 14.5. The van der Waals surface area contributed by atoms with Crippen LogP contribution in [0.1, 0.15) is 31.5 Å². The van der Waals surface area contributed by atoms with Crippen LogP contribution < -0.4 is 0 Å². The van der Waals surface area contributed by atoms with Gasteiger partial charge in [0, 0.05) is 44.6 Å². The number of benzene rings is 1. The van der Waals surface area contributed by atoms with E-state index in [0.717, 1.165) is 25.2 Å². The Labute approximate surface area is 145 Å². The zero-order valence-corrected chi connectivity index (χ0v) is 14.9. The summed E-state index contributed by atoms with van der Waals surface area (Å²) in [5.41, 5.74) is 2.42. The lowest BCUT2D eigenvalue weighted by molar-refractivity contribution is -0.135. The quantitative estimate of drug-likeness (QED) is 0.660. The van der Waals surface area contributed by atoms with Crippen molar-refractivity contribution in [3.63, 3.8) is 0 Å². The second kappa shape index (κ2) is 9.28. The molecule has 0 aliphatic heterocycles. The Hall–Kier alpha value is -2.07. The predicted molar refractivity (Wildman–Crippen MR) is 96.7 cm³/mol. The van der Waals surface area contributed by atoms with Gasteiger partial charge in [-0.25, -0.2) is 0 Å². The summed E-state index contributed by atoms with van der Waals surface area (Å²) in [5.74, 6) is 0.198. The first-order valence-electron chi connectivity index (χ1n) is 8.57. The molecule has 4 heteroatoms. The van der Waals surface area contributed by atoms with Gasteiger partial charge in [0.1, 0.15) is 0 Å². The molecule has 0 saturated carbocycles. The molecule has 1 amide bonds. The van der Waals surface area contributed by atoms with Gasteiger partial charge < -0.3 is 14.2 Å². The number of hydrogen-bond acceptors (Lipinski definition) is 2. The van der Waals surface area contributed by atoms with Crippen LogP contribution in [0.3, 0.4) is 0 Å². The summed E-state index contributed by atoms with van der Waals surface area (Å²) < 4.78 is 7.34. The lowest BCUT2D eigenvalue weighted by atomic mass is 10.1. The Kier molecular flexibility index (Phi) is 7.07. The molecule has 1 heterocycles. The Morgan fingerprint density at radius 3 is 2.58 bits per heavy atom. The number of ether oxygens (including phenoxy) is 1. The van der Waals surface area contributed by atoms with Gasteiger partial charge in [-0.1, -0.05) is 44.2 Å². The van der Waals surface area contributed by atoms with Crippen LogP contribution in [-0.2, 0) is 22.6 Å². The van der Waals surface area contributed by atoms with Crippen molar-refractivity contribution in [3.05, 3.63) is 59.9 Å². The number of rotatable bonds is 9. The predicted octanol–water partition coefficient (Wildman–Crippen LogP) is 3.56. The van der Waals surface area contributed by atoms with Gasteiger partial charge in [-0.3, -0.25) is 4.79 Å². The van der Waals surface area contributed by atoms with E-state index in [-0.39, 0.29) is 11.8 Å². The molecule has 0 spiro atoms. The normalized spacial score (nSPS) is 11.0. The molecular weight excluding hydrogens is 300 g/mol. The SMILES string of the molecule is COCCCN(Cc1cccn1Cc1ccccc1)C(=O)C(C)C. The smallest absolute Gasteiger partial charge is 0.225 e. The number of aromatic nitrogens is 1. The minimum atomic E-state index is 0.00470. The number of carbonyl (C=O) groups is 1. The fraction of sp³-hybridized carbons (Fsp3) is 0.450. The molecule has 0 aliphatic rings. The average Bonchev–Trinajstić information content (AvgIpc) is 3.01. The maximum atomic E-state index is 12.5. The summed E-state index contributed by atoms with van der Waals surface area (Å²) >= 11 is 0. The summed E-state index contributed by atoms with van der Waals surface area (Å²) in [7, 11) is 1.69. The summed E-state index contributed by atoms with van der Waals surface area (Å²) in [6.45, 7) is 6.77. The second-order valence-electron chi connectivity index (χ2n) is 6.37. The van der Waals surface area contributed by atoms with Crippen LogP contribution in [0.2, 0.25) is 0 Å². The molecule has 0 saturated heterocycles. The van der Waals surface area contributed by atoms with Crippen LogP contribution in [0.15, 0.2) is 48.7 Å². The molecule has 1 aromatic carbocycles. The van der Waals surface area contributed by atoms with Gasteiger partial charge in [0.25, 0.3) is 0 Å². The minimum Gasteiger partial charge on any atom is -0.385 e. The molecule has 0 bridgehead atoms. The molecule has 0 radical (unpaired) electrons. The van der Waals surface area contributed by atoms with Crippen molar-refractivity contribution in [1.29, 1.82) is 0 Å². The topological polar surface area (TPSA) is 34.5 Å². The third-order valence-corrected chi connectivity index (χ3v) is 4.05. The Bertz CT molecular complexity index is 620. The van der Waals surface area contributed by atoms with Gasteiger partial charge >= 0.3 is 0 Å². The molecule has 0 aliphatic carbocycles. The number of carbonyl (C=O) groups excluding carboxylic acids is 1. The molecule has 0 fully saturated rings. The highest BCUT2D eigenvalue weighted by Crippen LogP contribution is 2.13. The number of methoxy groups -OCH3 is 1. The van der Waals surface area contributed by atoms with Crippen molar-refractivity contribution in [1.82, 2.24) is 9.47 Å². The van der Waals surface area contributed by atoms with E-state index in [1.54, 1.807) is 7.11 Å². The molecule has 2 rings (SSSR count). The van der Waals surface area contributed by atoms with E-state index in [1.165, 1.54) is 5.56 Å². The molecular formula is C20H28N2O2. The summed E-state index contributed by atoms with van der Waals surface area (Å²) in [5, 5.41) is 0. The maximum Gasteiger partial charge on any atom is 0.225 e. The molecule has 2 aromatic rings. The zero-order valence-electron chi connectivity index (χ0n) is 14.9. The van der Waals surface area contributed by atoms with Gasteiger partial charge in [-0.2, -0.15) is 0 Å². The van der Waals surface area contributed by atoms with Gasteiger partial charge in [-0.15, -0.1) is 0 Å². The van der Waals surface area contributed by atoms with Gasteiger partial charge in [0.05, 0.1) is 6.54 Å². The lowest BCUT2D eigenvalue weighted by Gasteiger charge is -2.25. The molecule has 0 atom stereocenters. The number of hydrogen-bond donors (Lipinski definition) is 0. The van der Waals surface area contributed by atoms with Crippen molar-refractivity contribution < 1.29 is 9.53 Å². The second-order valence-corrected chi connectivity index (χ2v) is 6.37. The van der Waals surface area contributed by atoms with Crippen molar-refractivity contribution in [2.45, 2.75) is 33.4 Å². The van der Waals surface area contributed by atoms with E-state index in [4.69, 9.17) is 4.74 Å². The van der Waals surface area contributed by atoms with Crippen molar-refractivity contribution >= 4 is 5.91 Å². The third-order valence-electron chi connectivity index (χ3n) is 4.05. The summed E-state index contributed by atoms with van der Waals surface area (Å²) in [6, 6.07) is 14.5. The zero-order chi connectivity index (χ0) is 17.4. The first kappa shape index (κ1) is 18.3. The van der Waals surface area contributed by atoms with Gasteiger partial charge in [0.2, 0.25) is 5.91 Å². The van der Waals surface area contributed by atoms with Crippen LogP contribution in [-0.4, -0.2) is 35.6 Å². The fourth-order valence-corrected chi connectivity index (χ4v) is 2.75. The number of nitrogens with zero attached hydrogens (tertiary/aromatic N) is 2. The van der Waals surface area contributed by atoms with E-state index in [0.29, 0.717) is 13.2 Å². The Balaban J connectivity index is 2.08. The first-order chi connectivity index (χ1) is 11.6. The molecule has 0 N–H and O–H groups in total. The van der Waals surface area contributed by atoms with E-state index < -0.39 is 0 Å². The molecule has 24 heavy (non-hydrogen) atoms. The highest BCUT2D eigenvalue weighted by Gasteiger charge is 2.18. The average molecular weight is 328 g/mol. The Morgan fingerprint density at radius 1 is 1.17 bits per heavy atom. The van der Waals surface area contributed by atoms with Crippen LogP contribution in [0, 0.1) is 5.92 Å². The molecule has 4 nitrogen and oxygen atoms in total. The monoisotopic (exact) mass is 328 g/mol. The highest BCUT2D eigenvalue weighted by molar-refractivity contribution is 5.78. The van der Waals surface area contributed by atoms with Crippen LogP contribution in [0.4, 0.5) is 0 Å². The van der Waals surface area contributed by atoms with E-state index in [2.05, 4.69) is 41.1 Å². The third kappa shape index (κ3) is 5.24. The van der Waals surface area contributed by atoms with Crippen molar-refractivity contribution in [2.24, 2.45) is 5.92 Å². The minimum absolute atomic E-state index is 0.00470. The van der Waals surface area contributed by atoms with Crippen LogP contribution in [0.25, 0.3) is 0 Å². The van der Waals surface area contributed by atoms with Crippen LogP contribution in [0.5, 0.6) is 0 Å². The standard InChI is InChI=1S/C20H28N2O2/c1-17(2)20(23)22(13-8-14-24-3)16-19-11-7-12-21(19)15-18-9-5-4-6-10-18/h4-7,9-12,17H,8,13-16H2,1-3H3. The Morgan fingerprint density at radius 2 is 1.92 bits per heavy atom. The fourth-order valence-electron chi connectivity index (χ4n) is 2.75. The van der Waals surface area contributed by atoms with Crippen LogP contribution >= 0.6 is 0 Å². The van der Waals surface area contributed by atoms with E-state index in [9.17, 15) is 4.79 Å². The largest absolute Gasteiger partial charge is 0.385 e. The molecule has 0 unspecified atom stereocenters. The summed E-state index contributed by atoms with van der Waals surface area (Å²) in [6.07, 6.45) is 2.93. The first-order valence-corrected chi connectivity index (χ1v) is 8.57. The lowest BCUT2D eigenvalue weighted by Crippen LogP contribution is -2.35. The van der Waals surface area contributed by atoms with E-state index >= 15 is 0 Å². The number of amides is 1. The maximum absolute atomic E-state index is 12.5. The molecule has 130 valence electrons. The van der Waals surface area contributed by atoms with Gasteiger partial charge in [0.15, 0.2) is 0 Å². The van der Waals surface area contributed by atoms with Crippen molar-refractivity contribution in [3.8, 4) is 0 Å². The van der Waals surface area contributed by atoms with Crippen molar-refractivity contribution in [2.75, 3.05) is 20.3 Å². The molecule has 1 aromatic heterocycles. The van der Waals surface area contributed by atoms with Gasteiger partial charge in [-0.05, 0) is 24.1 Å². The van der Waals surface area contributed by atoms with E-state index in [1.807, 2.05) is 30.9 Å².